The van der Waals surface area contributed by atoms with Gasteiger partial charge in [-0.3, -0.25) is 14.7 Å². The number of ether oxygens (including phenoxy) is 1. The number of carboxylic acids is 1. The lowest BCUT2D eigenvalue weighted by atomic mass is 9.97. The number of aliphatic imine (C=N–C) groups is 1. The zero-order valence-corrected chi connectivity index (χ0v) is 24.3. The molecule has 0 spiro atoms. The summed E-state index contributed by atoms with van der Waals surface area (Å²) in [5, 5.41) is 24.4. The number of rotatable bonds is 12. The number of nitrogens with zero attached hydrogens (tertiary/aromatic N) is 2. The van der Waals surface area contributed by atoms with Crippen molar-refractivity contribution in [3.05, 3.63) is 131 Å². The van der Waals surface area contributed by atoms with Crippen LogP contribution in [0, 0.1) is 0 Å². The average molecular weight is 614 g/mol. The summed E-state index contributed by atoms with van der Waals surface area (Å²) in [5.74, 6) is -2.03. The van der Waals surface area contributed by atoms with Crippen LogP contribution in [0.5, 0.6) is 5.75 Å². The van der Waals surface area contributed by atoms with Gasteiger partial charge >= 0.3 is 12.6 Å². The highest BCUT2D eigenvalue weighted by atomic mass is 19.3. The summed E-state index contributed by atoms with van der Waals surface area (Å²) in [6.45, 7) is -1.77. The van der Waals surface area contributed by atoms with E-state index in [2.05, 4.69) is 19.9 Å². The molecule has 1 aliphatic heterocycles. The van der Waals surface area contributed by atoms with E-state index in [0.29, 0.717) is 29.8 Å². The van der Waals surface area contributed by atoms with Crippen molar-refractivity contribution in [2.24, 2.45) is 4.99 Å². The minimum atomic E-state index is -3.18. The number of aliphatic hydroxyl groups excluding tert-OH is 1. The zero-order valence-electron chi connectivity index (χ0n) is 24.3. The lowest BCUT2D eigenvalue weighted by molar-refractivity contribution is -0.141. The SMILES string of the molecule is O=C(O)[C@@H](N=C(c1ccccc1)c1ccccc1NC(=O)[C@@H]1CCCN1Cc1ccccc1)[C@@H](O)c1ccccc1OC(F)F. The molecule has 4 aromatic rings. The van der Waals surface area contributed by atoms with Gasteiger partial charge in [0, 0.05) is 23.2 Å². The molecule has 232 valence electrons. The summed E-state index contributed by atoms with van der Waals surface area (Å²) in [4.78, 5) is 32.9. The van der Waals surface area contributed by atoms with Gasteiger partial charge in [0.1, 0.15) is 11.9 Å². The Morgan fingerprint density at radius 2 is 1.56 bits per heavy atom. The topological polar surface area (TPSA) is 111 Å². The Bertz CT molecular complexity index is 1630. The fourth-order valence-electron chi connectivity index (χ4n) is 5.54. The maximum absolute atomic E-state index is 13.7. The van der Waals surface area contributed by atoms with E-state index >= 15 is 0 Å². The molecule has 1 aliphatic rings. The van der Waals surface area contributed by atoms with Crippen LogP contribution in [0.2, 0.25) is 0 Å². The van der Waals surface area contributed by atoms with Crippen LogP contribution in [0.25, 0.3) is 0 Å². The smallest absolute Gasteiger partial charge is 0.387 e. The minimum absolute atomic E-state index is 0.150. The van der Waals surface area contributed by atoms with Crippen molar-refractivity contribution in [2.75, 3.05) is 11.9 Å². The van der Waals surface area contributed by atoms with E-state index in [1.54, 1.807) is 54.6 Å². The molecule has 5 rings (SSSR count). The lowest BCUT2D eigenvalue weighted by Crippen LogP contribution is -2.39. The fourth-order valence-corrected chi connectivity index (χ4v) is 5.54. The Morgan fingerprint density at radius 3 is 2.27 bits per heavy atom. The first-order chi connectivity index (χ1) is 21.8. The number of carboxylic acid groups (broad SMARTS) is 1. The average Bonchev–Trinajstić information content (AvgIpc) is 3.51. The molecule has 4 aromatic carbocycles. The van der Waals surface area contributed by atoms with Crippen LogP contribution in [0.1, 0.15) is 41.2 Å². The number of benzene rings is 4. The third-order valence-electron chi connectivity index (χ3n) is 7.66. The quantitative estimate of drug-likeness (QED) is 0.171. The van der Waals surface area contributed by atoms with E-state index in [9.17, 15) is 28.6 Å². The molecule has 3 atom stereocenters. The van der Waals surface area contributed by atoms with Gasteiger partial charge in [-0.15, -0.1) is 0 Å². The van der Waals surface area contributed by atoms with Gasteiger partial charge in [-0.05, 0) is 37.1 Å². The van der Waals surface area contributed by atoms with E-state index in [0.717, 1.165) is 18.5 Å². The first kappa shape index (κ1) is 31.5. The Labute approximate surface area is 259 Å². The van der Waals surface area contributed by atoms with Gasteiger partial charge in [0.15, 0.2) is 6.04 Å². The molecule has 0 radical (unpaired) electrons. The standard InChI is InChI=1S/C35H33F2N3O5/c36-35(37)45-29-20-10-8-17-26(29)32(41)31(34(43)44)39-30(24-14-5-2-6-15-24)25-16-7-9-18-27(25)38-33(42)28-19-11-21-40(28)22-23-12-3-1-4-13-23/h1-10,12-18,20,28,31-32,35,41H,11,19,21-22H2,(H,38,42)(H,43,44)/t28-,31-,32-/m0/s1. The summed E-state index contributed by atoms with van der Waals surface area (Å²) in [6, 6.07) is 28.9. The molecule has 0 unspecified atom stereocenters. The highest BCUT2D eigenvalue weighted by Crippen LogP contribution is 2.32. The van der Waals surface area contributed by atoms with Crippen molar-refractivity contribution in [2.45, 2.75) is 44.2 Å². The van der Waals surface area contributed by atoms with E-state index < -0.39 is 24.7 Å². The molecule has 0 bridgehead atoms. The van der Waals surface area contributed by atoms with Crippen LogP contribution in [0.3, 0.4) is 0 Å². The van der Waals surface area contributed by atoms with E-state index in [-0.39, 0.29) is 29.0 Å². The highest BCUT2D eigenvalue weighted by Gasteiger charge is 2.33. The molecule has 0 aromatic heterocycles. The molecule has 0 aliphatic carbocycles. The first-order valence-corrected chi connectivity index (χ1v) is 14.6. The highest BCUT2D eigenvalue weighted by molar-refractivity contribution is 6.17. The number of alkyl halides is 2. The van der Waals surface area contributed by atoms with Crippen molar-refractivity contribution in [1.29, 1.82) is 0 Å². The second kappa shape index (κ2) is 14.7. The molecular formula is C35H33F2N3O5. The Kier molecular flexibility index (Phi) is 10.3. The Hall–Kier alpha value is -4.93. The van der Waals surface area contributed by atoms with Crippen molar-refractivity contribution in [3.8, 4) is 5.75 Å². The first-order valence-electron chi connectivity index (χ1n) is 14.6. The number of halogens is 2. The number of para-hydroxylation sites is 2. The molecule has 1 amide bonds. The summed E-state index contributed by atoms with van der Waals surface area (Å²) in [5.41, 5.74) is 2.52. The van der Waals surface area contributed by atoms with Crippen LogP contribution < -0.4 is 10.1 Å². The number of likely N-dealkylation sites (tertiary alicyclic amines) is 1. The maximum Gasteiger partial charge on any atom is 0.387 e. The van der Waals surface area contributed by atoms with Crippen LogP contribution in [-0.2, 0) is 16.1 Å². The molecule has 1 saturated heterocycles. The van der Waals surface area contributed by atoms with Crippen LogP contribution >= 0.6 is 0 Å². The molecule has 45 heavy (non-hydrogen) atoms. The van der Waals surface area contributed by atoms with E-state index in [4.69, 9.17) is 0 Å². The third kappa shape index (κ3) is 7.78. The number of hydrogen-bond donors (Lipinski definition) is 3. The van der Waals surface area contributed by atoms with Crippen molar-refractivity contribution in [3.63, 3.8) is 0 Å². The molecule has 8 nitrogen and oxygen atoms in total. The molecule has 1 heterocycles. The second-order valence-corrected chi connectivity index (χ2v) is 10.6. The van der Waals surface area contributed by atoms with Gasteiger partial charge in [0.05, 0.1) is 17.4 Å². The number of carbonyl (C=O) groups is 2. The molecule has 0 saturated carbocycles. The summed E-state index contributed by atoms with van der Waals surface area (Å²) in [7, 11) is 0. The third-order valence-corrected chi connectivity index (χ3v) is 7.66. The fraction of sp³-hybridized carbons (Fsp3) is 0.229. The molecule has 10 heteroatoms. The molecule has 1 fully saturated rings. The van der Waals surface area contributed by atoms with Gasteiger partial charge < -0.3 is 20.3 Å². The van der Waals surface area contributed by atoms with Crippen molar-refractivity contribution < 1.29 is 33.3 Å². The largest absolute Gasteiger partial charge is 0.480 e. The monoisotopic (exact) mass is 613 g/mol. The molecular weight excluding hydrogens is 580 g/mol. The number of nitrogens with one attached hydrogen (secondary N) is 1. The predicted molar refractivity (Wildman–Crippen MR) is 166 cm³/mol. The number of carbonyl (C=O) groups excluding carboxylic acids is 1. The van der Waals surface area contributed by atoms with Crippen LogP contribution in [-0.4, -0.2) is 57.9 Å². The normalized spacial score (nSPS) is 16.7. The van der Waals surface area contributed by atoms with Gasteiger partial charge in [-0.2, -0.15) is 8.78 Å². The summed E-state index contributed by atoms with van der Waals surface area (Å²) < 4.78 is 30.7. The summed E-state index contributed by atoms with van der Waals surface area (Å²) >= 11 is 0. The lowest BCUT2D eigenvalue weighted by Gasteiger charge is -2.25. The van der Waals surface area contributed by atoms with Gasteiger partial charge in [-0.25, -0.2) is 4.79 Å². The van der Waals surface area contributed by atoms with E-state index in [1.165, 1.54) is 24.3 Å². The minimum Gasteiger partial charge on any atom is -0.480 e. The number of amides is 1. The van der Waals surface area contributed by atoms with Crippen molar-refractivity contribution in [1.82, 2.24) is 4.90 Å². The number of hydrogen-bond acceptors (Lipinski definition) is 6. The zero-order chi connectivity index (χ0) is 31.8. The van der Waals surface area contributed by atoms with E-state index in [1.807, 2.05) is 30.3 Å². The maximum atomic E-state index is 13.7. The second-order valence-electron chi connectivity index (χ2n) is 10.6. The molecule has 3 N–H and O–H groups in total. The van der Waals surface area contributed by atoms with Crippen LogP contribution in [0.4, 0.5) is 14.5 Å². The predicted octanol–water partition coefficient (Wildman–Crippen LogP) is 5.92. The number of aliphatic hydroxyl groups is 1. The van der Waals surface area contributed by atoms with Gasteiger partial charge in [-0.1, -0.05) is 97.1 Å². The Morgan fingerprint density at radius 1 is 0.911 bits per heavy atom. The van der Waals surface area contributed by atoms with Gasteiger partial charge in [0.2, 0.25) is 5.91 Å². The van der Waals surface area contributed by atoms with Crippen molar-refractivity contribution >= 4 is 23.3 Å². The Balaban J connectivity index is 1.50. The number of anilines is 1. The summed E-state index contributed by atoms with van der Waals surface area (Å²) in [6.07, 6.45) is -0.269. The number of aliphatic carboxylic acids is 1. The van der Waals surface area contributed by atoms with Gasteiger partial charge in [0.25, 0.3) is 0 Å². The van der Waals surface area contributed by atoms with Crippen LogP contribution in [0.15, 0.2) is 114 Å².